The maximum absolute atomic E-state index is 5.80. The molecular formula is C15H24IN3O2. The number of nitrogens with two attached hydrogens (primary N) is 1. The van der Waals surface area contributed by atoms with Gasteiger partial charge in [0.05, 0.1) is 13.7 Å². The summed E-state index contributed by atoms with van der Waals surface area (Å²) in [7, 11) is 1.67. The number of ether oxygens (including phenoxy) is 2. The van der Waals surface area contributed by atoms with Gasteiger partial charge >= 0.3 is 0 Å². The van der Waals surface area contributed by atoms with Crippen LogP contribution >= 0.6 is 24.0 Å². The molecule has 0 saturated heterocycles. The zero-order valence-corrected chi connectivity index (χ0v) is 15.1. The summed E-state index contributed by atoms with van der Waals surface area (Å²) < 4.78 is 11.2. The highest BCUT2D eigenvalue weighted by atomic mass is 127. The Morgan fingerprint density at radius 1 is 1.52 bits per heavy atom. The summed E-state index contributed by atoms with van der Waals surface area (Å²) >= 11 is 0. The minimum atomic E-state index is 0. The van der Waals surface area contributed by atoms with Crippen molar-refractivity contribution in [2.24, 2.45) is 10.7 Å². The molecule has 0 spiro atoms. The summed E-state index contributed by atoms with van der Waals surface area (Å²) in [6, 6.07) is 4.05. The van der Waals surface area contributed by atoms with Crippen LogP contribution in [0.2, 0.25) is 0 Å². The van der Waals surface area contributed by atoms with E-state index in [2.05, 4.69) is 24.2 Å². The molecule has 2 rings (SSSR count). The summed E-state index contributed by atoms with van der Waals surface area (Å²) in [5, 5.41) is 3.06. The SMILES string of the molecule is CCCNC(N)=NCc1cc2c(cc1OC)CC(C)O2.I. The molecule has 0 fully saturated rings. The Labute approximate surface area is 143 Å². The molecule has 1 aromatic rings. The lowest BCUT2D eigenvalue weighted by Gasteiger charge is -2.10. The van der Waals surface area contributed by atoms with Crippen molar-refractivity contribution in [3.05, 3.63) is 23.3 Å². The van der Waals surface area contributed by atoms with Crippen LogP contribution in [-0.2, 0) is 13.0 Å². The van der Waals surface area contributed by atoms with Gasteiger partial charge in [0.15, 0.2) is 5.96 Å². The third-order valence-corrected chi connectivity index (χ3v) is 3.27. The fraction of sp³-hybridized carbons (Fsp3) is 0.533. The minimum Gasteiger partial charge on any atom is -0.496 e. The molecule has 1 aliphatic heterocycles. The van der Waals surface area contributed by atoms with E-state index in [4.69, 9.17) is 15.2 Å². The van der Waals surface area contributed by atoms with Crippen LogP contribution in [0.1, 0.15) is 31.4 Å². The van der Waals surface area contributed by atoms with Crippen LogP contribution in [0, 0.1) is 0 Å². The molecule has 118 valence electrons. The molecule has 1 atom stereocenters. The van der Waals surface area contributed by atoms with Gasteiger partial charge in [0, 0.05) is 24.1 Å². The smallest absolute Gasteiger partial charge is 0.188 e. The molecule has 1 aromatic carbocycles. The molecule has 0 aromatic heterocycles. The van der Waals surface area contributed by atoms with Crippen molar-refractivity contribution in [2.75, 3.05) is 13.7 Å². The van der Waals surface area contributed by atoms with Gasteiger partial charge in [-0.3, -0.25) is 0 Å². The Balaban J connectivity index is 0.00000220. The van der Waals surface area contributed by atoms with Crippen molar-refractivity contribution in [1.29, 1.82) is 0 Å². The van der Waals surface area contributed by atoms with Crippen LogP contribution in [0.25, 0.3) is 0 Å². The molecule has 0 radical (unpaired) electrons. The zero-order valence-electron chi connectivity index (χ0n) is 12.8. The normalized spacial score (nSPS) is 16.7. The Hall–Kier alpha value is -1.18. The second-order valence-corrected chi connectivity index (χ2v) is 5.03. The predicted molar refractivity (Wildman–Crippen MR) is 95.8 cm³/mol. The van der Waals surface area contributed by atoms with Gasteiger partial charge in [-0.1, -0.05) is 6.92 Å². The van der Waals surface area contributed by atoms with Gasteiger partial charge in [0.2, 0.25) is 0 Å². The Kier molecular flexibility index (Phi) is 7.07. The number of rotatable bonds is 5. The largest absolute Gasteiger partial charge is 0.496 e. The number of methoxy groups -OCH3 is 1. The number of benzene rings is 1. The first-order chi connectivity index (χ1) is 9.63. The molecule has 6 heteroatoms. The van der Waals surface area contributed by atoms with Crippen molar-refractivity contribution < 1.29 is 9.47 Å². The number of aliphatic imine (C=N–C) groups is 1. The number of nitrogens with zero attached hydrogens (tertiary/aromatic N) is 1. The van der Waals surface area contributed by atoms with Crippen molar-refractivity contribution in [2.45, 2.75) is 39.3 Å². The summed E-state index contributed by atoms with van der Waals surface area (Å²) in [6.07, 6.45) is 2.17. The summed E-state index contributed by atoms with van der Waals surface area (Å²) in [5.41, 5.74) is 7.98. The molecule has 0 saturated carbocycles. The average Bonchev–Trinajstić information content (AvgIpc) is 2.80. The lowest BCUT2D eigenvalue weighted by molar-refractivity contribution is 0.254. The van der Waals surface area contributed by atoms with Crippen molar-refractivity contribution in [3.8, 4) is 11.5 Å². The third kappa shape index (κ3) is 4.66. The van der Waals surface area contributed by atoms with E-state index in [-0.39, 0.29) is 30.1 Å². The van der Waals surface area contributed by atoms with Gasteiger partial charge in [0.25, 0.3) is 0 Å². The number of guanidine groups is 1. The lowest BCUT2D eigenvalue weighted by Crippen LogP contribution is -2.32. The molecule has 0 aliphatic carbocycles. The molecule has 5 nitrogen and oxygen atoms in total. The van der Waals surface area contributed by atoms with Crippen LogP contribution in [-0.4, -0.2) is 25.7 Å². The van der Waals surface area contributed by atoms with E-state index >= 15 is 0 Å². The Morgan fingerprint density at radius 3 is 2.95 bits per heavy atom. The molecule has 0 bridgehead atoms. The van der Waals surface area contributed by atoms with Crippen molar-refractivity contribution in [1.82, 2.24) is 5.32 Å². The molecule has 1 aliphatic rings. The zero-order chi connectivity index (χ0) is 14.5. The van der Waals surface area contributed by atoms with E-state index in [9.17, 15) is 0 Å². The topological polar surface area (TPSA) is 68.9 Å². The maximum atomic E-state index is 5.80. The first kappa shape index (κ1) is 17.9. The van der Waals surface area contributed by atoms with Crippen molar-refractivity contribution >= 4 is 29.9 Å². The highest BCUT2D eigenvalue weighted by molar-refractivity contribution is 14.0. The van der Waals surface area contributed by atoms with E-state index in [1.54, 1.807) is 7.11 Å². The van der Waals surface area contributed by atoms with E-state index in [1.165, 1.54) is 5.56 Å². The number of hydrogen-bond acceptors (Lipinski definition) is 3. The van der Waals surface area contributed by atoms with Crippen molar-refractivity contribution in [3.63, 3.8) is 0 Å². The average molecular weight is 405 g/mol. The second-order valence-electron chi connectivity index (χ2n) is 5.03. The monoisotopic (exact) mass is 405 g/mol. The van der Waals surface area contributed by atoms with Crippen LogP contribution < -0.4 is 20.5 Å². The lowest BCUT2D eigenvalue weighted by atomic mass is 10.1. The molecule has 1 heterocycles. The Morgan fingerprint density at radius 2 is 2.29 bits per heavy atom. The summed E-state index contributed by atoms with van der Waals surface area (Å²) in [6.45, 7) is 5.47. The van der Waals surface area contributed by atoms with E-state index in [0.717, 1.165) is 36.4 Å². The number of hydrogen-bond donors (Lipinski definition) is 2. The van der Waals surface area contributed by atoms with E-state index in [1.807, 2.05) is 12.1 Å². The number of nitrogens with one attached hydrogen (secondary N) is 1. The maximum Gasteiger partial charge on any atom is 0.188 e. The standard InChI is InChI=1S/C15H23N3O2.HI/c1-4-5-17-15(16)18-9-12-8-14-11(6-10(2)20-14)7-13(12)19-3;/h7-8,10H,4-6,9H2,1-3H3,(H3,16,17,18);1H. The van der Waals surface area contributed by atoms with Crippen LogP contribution in [0.4, 0.5) is 0 Å². The van der Waals surface area contributed by atoms with Gasteiger partial charge in [-0.2, -0.15) is 0 Å². The molecule has 3 N–H and O–H groups in total. The summed E-state index contributed by atoms with van der Waals surface area (Å²) in [4.78, 5) is 4.33. The predicted octanol–water partition coefficient (Wildman–Crippen LogP) is 2.45. The number of halogens is 1. The minimum absolute atomic E-state index is 0. The highest BCUT2D eigenvalue weighted by Gasteiger charge is 2.21. The molecule has 21 heavy (non-hydrogen) atoms. The van der Waals surface area contributed by atoms with Gasteiger partial charge in [0.1, 0.15) is 17.6 Å². The fourth-order valence-electron chi connectivity index (χ4n) is 2.27. The first-order valence-electron chi connectivity index (χ1n) is 7.04. The third-order valence-electron chi connectivity index (χ3n) is 3.27. The van der Waals surface area contributed by atoms with Crippen LogP contribution in [0.15, 0.2) is 17.1 Å². The first-order valence-corrected chi connectivity index (χ1v) is 7.04. The quantitative estimate of drug-likeness (QED) is 0.449. The van der Waals surface area contributed by atoms with E-state index < -0.39 is 0 Å². The molecule has 0 amide bonds. The van der Waals surface area contributed by atoms with Gasteiger partial charge in [-0.05, 0) is 25.5 Å². The molecular weight excluding hydrogens is 381 g/mol. The van der Waals surface area contributed by atoms with Crippen LogP contribution in [0.5, 0.6) is 11.5 Å². The van der Waals surface area contributed by atoms with E-state index in [0.29, 0.717) is 12.5 Å². The Bertz CT molecular complexity index is 506. The van der Waals surface area contributed by atoms with Gasteiger partial charge < -0.3 is 20.5 Å². The fourth-order valence-corrected chi connectivity index (χ4v) is 2.27. The van der Waals surface area contributed by atoms with Gasteiger partial charge in [-0.25, -0.2) is 4.99 Å². The summed E-state index contributed by atoms with van der Waals surface area (Å²) in [5.74, 6) is 2.24. The number of fused-ring (bicyclic) bond motifs is 1. The van der Waals surface area contributed by atoms with Crippen LogP contribution in [0.3, 0.4) is 0 Å². The second kappa shape index (κ2) is 8.31. The highest BCUT2D eigenvalue weighted by Crippen LogP contribution is 2.35. The van der Waals surface area contributed by atoms with Gasteiger partial charge in [-0.15, -0.1) is 24.0 Å². The molecule has 1 unspecified atom stereocenters.